The fraction of sp³-hybridized carbons (Fsp3) is 0.625. The molecule has 7 heteroatoms. The molecule has 0 spiro atoms. The van der Waals surface area contributed by atoms with Gasteiger partial charge in [0.05, 0.1) is 11.8 Å². The lowest BCUT2D eigenvalue weighted by Crippen LogP contribution is -2.47. The molecule has 5 atom stereocenters. The van der Waals surface area contributed by atoms with Crippen molar-refractivity contribution in [3.63, 3.8) is 0 Å². The lowest BCUT2D eigenvalue weighted by Gasteiger charge is -2.24. The van der Waals surface area contributed by atoms with Crippen LogP contribution in [-0.4, -0.2) is 57.7 Å². The maximum absolute atomic E-state index is 12.5. The molecule has 23 heavy (non-hydrogen) atoms. The molecule has 3 amide bonds. The number of hydrogen-bond acceptors (Lipinski definition) is 4. The van der Waals surface area contributed by atoms with Crippen LogP contribution in [0.3, 0.4) is 0 Å². The van der Waals surface area contributed by atoms with Crippen molar-refractivity contribution in [2.24, 2.45) is 23.7 Å². The Labute approximate surface area is 132 Å². The Morgan fingerprint density at radius 1 is 1.13 bits per heavy atom. The van der Waals surface area contributed by atoms with E-state index >= 15 is 0 Å². The predicted octanol–water partition coefficient (Wildman–Crippen LogP) is -0.131. The van der Waals surface area contributed by atoms with Crippen molar-refractivity contribution in [3.8, 4) is 0 Å². The number of imide groups is 1. The zero-order valence-electron chi connectivity index (χ0n) is 12.6. The zero-order valence-corrected chi connectivity index (χ0v) is 12.6. The Morgan fingerprint density at radius 3 is 2.30 bits per heavy atom. The quantitative estimate of drug-likeness (QED) is 0.578. The summed E-state index contributed by atoms with van der Waals surface area (Å²) >= 11 is 0. The number of carboxylic acids is 1. The van der Waals surface area contributed by atoms with Crippen molar-refractivity contribution in [2.45, 2.75) is 25.3 Å². The number of carbonyl (C=O) groups is 4. The SMILES string of the molecule is O=C(O)[C@H]1CCCN1C(=O)CN1C(=O)[C@@H]2[C@H](C1=O)[C@H]1C=C[C@H]2C1. The summed E-state index contributed by atoms with van der Waals surface area (Å²) in [6, 6.07) is -0.840. The molecule has 2 aliphatic carbocycles. The number of aliphatic carboxylic acids is 1. The number of rotatable bonds is 3. The number of fused-ring (bicyclic) bond motifs is 5. The minimum absolute atomic E-state index is 0.111. The average molecular weight is 318 g/mol. The Kier molecular flexibility index (Phi) is 3.08. The summed E-state index contributed by atoms with van der Waals surface area (Å²) < 4.78 is 0. The van der Waals surface area contributed by atoms with Crippen LogP contribution in [0.4, 0.5) is 0 Å². The third-order valence-corrected chi connectivity index (χ3v) is 5.71. The molecular formula is C16H18N2O5. The molecule has 1 saturated carbocycles. The van der Waals surface area contributed by atoms with Gasteiger partial charge in [0.15, 0.2) is 0 Å². The van der Waals surface area contributed by atoms with Crippen LogP contribution in [0.15, 0.2) is 12.2 Å². The van der Waals surface area contributed by atoms with Gasteiger partial charge in [-0.15, -0.1) is 0 Å². The number of carboxylic acid groups (broad SMARTS) is 1. The molecule has 0 aromatic rings. The fourth-order valence-electron chi connectivity index (χ4n) is 4.67. The molecule has 3 fully saturated rings. The Bertz CT molecular complexity index is 612. The van der Waals surface area contributed by atoms with Crippen molar-refractivity contribution in [1.82, 2.24) is 9.80 Å². The maximum Gasteiger partial charge on any atom is 0.326 e. The Balaban J connectivity index is 1.50. The highest BCUT2D eigenvalue weighted by Gasteiger charge is 2.59. The van der Waals surface area contributed by atoms with E-state index in [0.717, 1.165) is 11.3 Å². The predicted molar refractivity (Wildman–Crippen MR) is 76.8 cm³/mol. The van der Waals surface area contributed by atoms with Crippen LogP contribution >= 0.6 is 0 Å². The first-order chi connectivity index (χ1) is 11.0. The van der Waals surface area contributed by atoms with Gasteiger partial charge in [-0.05, 0) is 31.1 Å². The van der Waals surface area contributed by atoms with Crippen LogP contribution < -0.4 is 0 Å². The highest BCUT2D eigenvalue weighted by molar-refractivity contribution is 6.08. The van der Waals surface area contributed by atoms with E-state index in [4.69, 9.17) is 5.11 Å². The monoisotopic (exact) mass is 318 g/mol. The first kappa shape index (κ1) is 14.4. The highest BCUT2D eigenvalue weighted by Crippen LogP contribution is 2.52. The Hall–Kier alpha value is -2.18. The summed E-state index contributed by atoms with van der Waals surface area (Å²) in [7, 11) is 0. The van der Waals surface area contributed by atoms with Gasteiger partial charge in [-0.3, -0.25) is 19.3 Å². The molecule has 0 aromatic heterocycles. The van der Waals surface area contributed by atoms with Crippen molar-refractivity contribution in [3.05, 3.63) is 12.2 Å². The summed E-state index contributed by atoms with van der Waals surface area (Å²) in [6.45, 7) is 0.0412. The van der Waals surface area contributed by atoms with Gasteiger partial charge >= 0.3 is 5.97 Å². The number of nitrogens with zero attached hydrogens (tertiary/aromatic N) is 2. The standard InChI is InChI=1S/C16H18N2O5/c19-11(17-5-1-2-10(17)16(22)23)7-18-14(20)12-8-3-4-9(6-8)13(12)15(18)21/h3-4,8-10,12-13H,1-2,5-7H2,(H,22,23)/t8-,9-,10+,12-,13+/m0/s1. The van der Waals surface area contributed by atoms with Gasteiger partial charge < -0.3 is 10.0 Å². The third kappa shape index (κ3) is 1.95. The summed E-state index contributed by atoms with van der Waals surface area (Å²) in [6.07, 6.45) is 5.90. The largest absolute Gasteiger partial charge is 0.480 e. The molecule has 122 valence electrons. The summed E-state index contributed by atoms with van der Waals surface area (Å²) in [5.74, 6) is -2.43. The number of hydrogen-bond donors (Lipinski definition) is 1. The molecule has 2 saturated heterocycles. The van der Waals surface area contributed by atoms with Gasteiger partial charge in [0, 0.05) is 6.54 Å². The van der Waals surface area contributed by atoms with E-state index in [1.165, 1.54) is 4.90 Å². The fourth-order valence-corrected chi connectivity index (χ4v) is 4.67. The summed E-state index contributed by atoms with van der Waals surface area (Å²) in [4.78, 5) is 51.0. The van der Waals surface area contributed by atoms with Gasteiger partial charge in [-0.2, -0.15) is 0 Å². The minimum Gasteiger partial charge on any atom is -0.480 e. The molecule has 4 rings (SSSR count). The molecule has 0 aromatic carbocycles. The molecule has 2 heterocycles. The summed E-state index contributed by atoms with van der Waals surface area (Å²) in [5.41, 5.74) is 0. The average Bonchev–Trinajstić information content (AvgIpc) is 3.26. The minimum atomic E-state index is -1.03. The van der Waals surface area contributed by atoms with Crippen LogP contribution in [0.1, 0.15) is 19.3 Å². The van der Waals surface area contributed by atoms with Crippen LogP contribution in [-0.2, 0) is 19.2 Å². The highest BCUT2D eigenvalue weighted by atomic mass is 16.4. The number of amides is 3. The number of likely N-dealkylation sites (tertiary alicyclic amines) is 2. The summed E-state index contributed by atoms with van der Waals surface area (Å²) in [5, 5.41) is 9.16. The van der Waals surface area contributed by atoms with Gasteiger partial charge in [-0.25, -0.2) is 4.79 Å². The van der Waals surface area contributed by atoms with Crippen molar-refractivity contribution < 1.29 is 24.3 Å². The van der Waals surface area contributed by atoms with Crippen LogP contribution in [0.25, 0.3) is 0 Å². The molecular weight excluding hydrogens is 300 g/mol. The molecule has 2 aliphatic heterocycles. The normalized spacial score (nSPS) is 37.8. The van der Waals surface area contributed by atoms with Gasteiger partial charge in [0.25, 0.3) is 0 Å². The third-order valence-electron chi connectivity index (χ3n) is 5.71. The second-order valence-corrected chi connectivity index (χ2v) is 6.85. The van der Waals surface area contributed by atoms with E-state index in [1.54, 1.807) is 0 Å². The number of allylic oxidation sites excluding steroid dienone is 2. The second-order valence-electron chi connectivity index (χ2n) is 6.85. The lowest BCUT2D eigenvalue weighted by atomic mass is 9.85. The van der Waals surface area contributed by atoms with Crippen LogP contribution in [0.5, 0.6) is 0 Å². The van der Waals surface area contributed by atoms with E-state index in [1.807, 2.05) is 12.2 Å². The lowest BCUT2D eigenvalue weighted by molar-refractivity contribution is -0.151. The molecule has 0 radical (unpaired) electrons. The van der Waals surface area contributed by atoms with Crippen LogP contribution in [0.2, 0.25) is 0 Å². The smallest absolute Gasteiger partial charge is 0.326 e. The molecule has 0 unspecified atom stereocenters. The molecule has 2 bridgehead atoms. The molecule has 1 N–H and O–H groups in total. The van der Waals surface area contributed by atoms with Gasteiger partial charge in [0.1, 0.15) is 12.6 Å². The maximum atomic E-state index is 12.5. The van der Waals surface area contributed by atoms with E-state index < -0.39 is 17.9 Å². The van der Waals surface area contributed by atoms with Crippen molar-refractivity contribution in [2.75, 3.05) is 13.1 Å². The molecule has 7 nitrogen and oxygen atoms in total. The van der Waals surface area contributed by atoms with E-state index in [9.17, 15) is 19.2 Å². The van der Waals surface area contributed by atoms with Crippen molar-refractivity contribution in [1.29, 1.82) is 0 Å². The number of carbonyl (C=O) groups excluding carboxylic acids is 3. The van der Waals surface area contributed by atoms with Gasteiger partial charge in [0.2, 0.25) is 17.7 Å². The van der Waals surface area contributed by atoms with E-state index in [0.29, 0.717) is 19.4 Å². The van der Waals surface area contributed by atoms with Gasteiger partial charge in [-0.1, -0.05) is 12.2 Å². The zero-order chi connectivity index (χ0) is 16.3. The first-order valence-corrected chi connectivity index (χ1v) is 8.05. The molecule has 4 aliphatic rings. The Morgan fingerprint density at radius 2 is 1.74 bits per heavy atom. The first-order valence-electron chi connectivity index (χ1n) is 8.05. The van der Waals surface area contributed by atoms with Crippen LogP contribution in [0, 0.1) is 23.7 Å². The van der Waals surface area contributed by atoms with Crippen molar-refractivity contribution >= 4 is 23.7 Å². The van der Waals surface area contributed by atoms with E-state index in [-0.39, 0.29) is 42.0 Å². The van der Waals surface area contributed by atoms with E-state index in [2.05, 4.69) is 0 Å². The second kappa shape index (κ2) is 4.91. The topological polar surface area (TPSA) is 95.0 Å².